The molecule has 2 saturated heterocycles. The van der Waals surface area contributed by atoms with Crippen LogP contribution in [0, 0.1) is 0 Å². The summed E-state index contributed by atoms with van der Waals surface area (Å²) in [6.45, 7) is 2.46. The Morgan fingerprint density at radius 2 is 1.58 bits per heavy atom. The van der Waals surface area contributed by atoms with Crippen LogP contribution in [-0.2, 0) is 21.2 Å². The average Bonchev–Trinajstić information content (AvgIpc) is 3.85. The molecule has 1 aromatic heterocycles. The predicted octanol–water partition coefficient (Wildman–Crippen LogP) is 6.19. The van der Waals surface area contributed by atoms with Gasteiger partial charge in [-0.25, -0.2) is 13.4 Å². The molecule has 4 aromatic carbocycles. The second kappa shape index (κ2) is 15.2. The molecule has 268 valence electrons. The first kappa shape index (κ1) is 35.3. The van der Waals surface area contributed by atoms with E-state index in [0.29, 0.717) is 37.4 Å². The van der Waals surface area contributed by atoms with Crippen molar-refractivity contribution in [1.82, 2.24) is 24.7 Å². The number of sulfone groups is 1. The summed E-state index contributed by atoms with van der Waals surface area (Å²) in [5.74, 6) is 1.09. The van der Waals surface area contributed by atoms with Crippen molar-refractivity contribution in [3.8, 4) is 22.4 Å². The smallest absolute Gasteiger partial charge is 0.255 e. The number of H-pyrrole nitrogens is 1. The third-order valence-corrected chi connectivity index (χ3v) is 11.6. The van der Waals surface area contributed by atoms with Crippen molar-refractivity contribution in [2.45, 2.75) is 31.5 Å². The Bertz CT molecular complexity index is 2120. The number of likely N-dealkylation sites (tertiary alicyclic amines) is 1. The molecule has 0 unspecified atom stereocenters. The van der Waals surface area contributed by atoms with Gasteiger partial charge in [-0.1, -0.05) is 72.8 Å². The van der Waals surface area contributed by atoms with Crippen LogP contribution < -0.4 is 5.32 Å². The van der Waals surface area contributed by atoms with Crippen LogP contribution in [0.4, 0.5) is 5.69 Å². The molecule has 52 heavy (non-hydrogen) atoms. The monoisotopic (exact) mass is 716 g/mol. The molecule has 11 heteroatoms. The molecule has 2 N–H and O–H groups in total. The topological polar surface area (TPSA) is 119 Å². The normalized spacial score (nSPS) is 18.0. The highest BCUT2D eigenvalue weighted by atomic mass is 32.2. The highest BCUT2D eigenvalue weighted by Crippen LogP contribution is 2.35. The molecule has 5 aromatic rings. The summed E-state index contributed by atoms with van der Waals surface area (Å²) in [5, 5.41) is 2.98. The van der Waals surface area contributed by atoms with E-state index in [0.717, 1.165) is 52.2 Å². The van der Waals surface area contributed by atoms with Gasteiger partial charge in [-0.15, -0.1) is 0 Å². The van der Waals surface area contributed by atoms with Crippen molar-refractivity contribution >= 4 is 27.3 Å². The lowest BCUT2D eigenvalue weighted by molar-refractivity contribution is -0.137. The summed E-state index contributed by atoms with van der Waals surface area (Å²) < 4.78 is 23.4. The number of benzene rings is 4. The number of rotatable bonds is 10. The Morgan fingerprint density at radius 1 is 0.865 bits per heavy atom. The zero-order chi connectivity index (χ0) is 36.2. The van der Waals surface area contributed by atoms with Crippen molar-refractivity contribution in [1.29, 1.82) is 0 Å². The van der Waals surface area contributed by atoms with Crippen LogP contribution in [0.25, 0.3) is 22.4 Å². The maximum Gasteiger partial charge on any atom is 0.255 e. The molecule has 0 spiro atoms. The molecule has 3 heterocycles. The van der Waals surface area contributed by atoms with Crippen LogP contribution in [0.2, 0.25) is 0 Å². The summed E-state index contributed by atoms with van der Waals surface area (Å²) in [6, 6.07) is 32.9. The van der Waals surface area contributed by atoms with E-state index in [9.17, 15) is 18.0 Å². The second-order valence-corrected chi connectivity index (χ2v) is 16.2. The Morgan fingerprint density at radius 3 is 2.29 bits per heavy atom. The number of carbonyl (C=O) groups excluding carboxylic acids is 2. The zero-order valence-corrected chi connectivity index (χ0v) is 30.4. The first-order chi connectivity index (χ1) is 25.1. The highest BCUT2D eigenvalue weighted by molar-refractivity contribution is 7.91. The lowest BCUT2D eigenvalue weighted by atomic mass is 10.0. The lowest BCUT2D eigenvalue weighted by Crippen LogP contribution is -2.40. The molecule has 0 radical (unpaired) electrons. The van der Waals surface area contributed by atoms with Crippen molar-refractivity contribution < 1.29 is 18.0 Å². The van der Waals surface area contributed by atoms with Crippen LogP contribution >= 0.6 is 0 Å². The fraction of sp³-hybridized carbons (Fsp3) is 0.293. The van der Waals surface area contributed by atoms with Crippen LogP contribution in [0.3, 0.4) is 0 Å². The van der Waals surface area contributed by atoms with Gasteiger partial charge >= 0.3 is 0 Å². The van der Waals surface area contributed by atoms with Gasteiger partial charge in [-0.05, 0) is 79.5 Å². The van der Waals surface area contributed by atoms with Gasteiger partial charge in [0.05, 0.1) is 29.4 Å². The van der Waals surface area contributed by atoms with Gasteiger partial charge in [0.25, 0.3) is 5.91 Å². The van der Waals surface area contributed by atoms with Crippen LogP contribution in [0.5, 0.6) is 0 Å². The molecule has 2 fully saturated rings. The number of nitrogens with zero attached hydrogens (tertiary/aromatic N) is 4. The zero-order valence-electron chi connectivity index (χ0n) is 29.5. The second-order valence-electron chi connectivity index (χ2n) is 13.9. The molecular formula is C41H44N6O4S. The molecule has 2 amide bonds. The van der Waals surface area contributed by atoms with Gasteiger partial charge in [0, 0.05) is 43.0 Å². The number of likely N-dealkylation sites (N-methyl/N-ethyl adjacent to an activating group) is 1. The number of hydrogen-bond acceptors (Lipinski definition) is 7. The summed E-state index contributed by atoms with van der Waals surface area (Å²) in [6.07, 6.45) is 3.62. The predicted molar refractivity (Wildman–Crippen MR) is 204 cm³/mol. The quantitative estimate of drug-likeness (QED) is 0.177. The van der Waals surface area contributed by atoms with E-state index in [-0.39, 0.29) is 35.4 Å². The summed E-state index contributed by atoms with van der Waals surface area (Å²) in [5.41, 5.74) is 7.16. The lowest BCUT2D eigenvalue weighted by Gasteiger charge is -2.31. The Kier molecular flexibility index (Phi) is 10.4. The molecule has 7 rings (SSSR count). The Balaban J connectivity index is 0.988. The van der Waals surface area contributed by atoms with Crippen molar-refractivity contribution in [3.63, 3.8) is 0 Å². The van der Waals surface area contributed by atoms with Gasteiger partial charge in [0.2, 0.25) is 5.91 Å². The van der Waals surface area contributed by atoms with E-state index in [2.05, 4.69) is 21.3 Å². The molecule has 0 bridgehead atoms. The SMILES string of the molecule is CN(C)[C@H](C(=O)N1CCC[C@H]1c1ncc(-c2cccc(-c3ccc(C(=O)Nc4ccc(CN5CCS(=O)(=O)CC5)cc4)cc3)c2)[nH]1)c1ccccc1. The van der Waals surface area contributed by atoms with Crippen LogP contribution in [-0.4, -0.2) is 90.1 Å². The van der Waals surface area contributed by atoms with Gasteiger partial charge in [0.1, 0.15) is 11.9 Å². The third-order valence-electron chi connectivity index (χ3n) is 10.0. The van der Waals surface area contributed by atoms with E-state index < -0.39 is 9.84 Å². The largest absolute Gasteiger partial charge is 0.340 e. The highest BCUT2D eigenvalue weighted by Gasteiger charge is 2.37. The molecule has 0 aliphatic carbocycles. The Labute approximate surface area is 305 Å². The van der Waals surface area contributed by atoms with E-state index in [1.165, 1.54) is 0 Å². The first-order valence-electron chi connectivity index (χ1n) is 17.7. The minimum Gasteiger partial charge on any atom is -0.340 e. The first-order valence-corrected chi connectivity index (χ1v) is 19.6. The molecular weight excluding hydrogens is 673 g/mol. The average molecular weight is 717 g/mol. The van der Waals surface area contributed by atoms with Gasteiger partial charge in [-0.3, -0.25) is 19.4 Å². The number of carbonyl (C=O) groups is 2. The number of anilines is 1. The molecule has 0 saturated carbocycles. The molecule has 2 aliphatic heterocycles. The molecule has 10 nitrogen and oxygen atoms in total. The van der Waals surface area contributed by atoms with Gasteiger partial charge < -0.3 is 15.2 Å². The number of aromatic nitrogens is 2. The minimum atomic E-state index is -2.91. The van der Waals surface area contributed by atoms with E-state index >= 15 is 0 Å². The van der Waals surface area contributed by atoms with Crippen LogP contribution in [0.1, 0.15) is 52.2 Å². The van der Waals surface area contributed by atoms with Crippen molar-refractivity contribution in [3.05, 3.63) is 132 Å². The number of nitrogens with one attached hydrogen (secondary N) is 2. The standard InChI is InChI=1S/C41H44N6O4S/c1-45(2)38(31-8-4-3-5-9-31)41(49)47-21-7-12-37(47)39-42-27-36(44-39)34-11-6-10-33(26-34)30-15-17-32(18-16-30)40(48)43-35-19-13-29(14-20-35)28-46-22-24-52(50,51)25-23-46/h3-6,8-11,13-20,26-27,37-38H,7,12,21-25,28H2,1-2H3,(H,42,44)(H,43,48)/t37-,38-/m0/s1. The number of imidazole rings is 1. The van der Waals surface area contributed by atoms with E-state index in [1.54, 1.807) is 0 Å². The van der Waals surface area contributed by atoms with E-state index in [4.69, 9.17) is 4.98 Å². The van der Waals surface area contributed by atoms with Crippen molar-refractivity contribution in [2.75, 3.05) is 50.6 Å². The maximum absolute atomic E-state index is 13.9. The third kappa shape index (κ3) is 8.02. The van der Waals surface area contributed by atoms with Gasteiger partial charge in [0.15, 0.2) is 9.84 Å². The number of aromatic amines is 1. The fourth-order valence-corrected chi connectivity index (χ4v) is 8.44. The molecule has 2 atom stereocenters. The van der Waals surface area contributed by atoms with Gasteiger partial charge in [-0.2, -0.15) is 0 Å². The number of amides is 2. The summed E-state index contributed by atoms with van der Waals surface area (Å²) in [4.78, 5) is 41.3. The Hall–Kier alpha value is -5.10. The summed E-state index contributed by atoms with van der Waals surface area (Å²) >= 11 is 0. The van der Waals surface area contributed by atoms with Crippen LogP contribution in [0.15, 0.2) is 109 Å². The minimum absolute atomic E-state index is 0.0829. The van der Waals surface area contributed by atoms with Crippen molar-refractivity contribution in [2.24, 2.45) is 0 Å². The maximum atomic E-state index is 13.9. The summed E-state index contributed by atoms with van der Waals surface area (Å²) in [7, 11) is 0.980. The number of hydrogen-bond donors (Lipinski definition) is 2. The fourth-order valence-electron chi connectivity index (χ4n) is 7.17. The van der Waals surface area contributed by atoms with E-state index in [1.807, 2.05) is 127 Å². The molecule has 2 aliphatic rings.